The fourth-order valence-corrected chi connectivity index (χ4v) is 4.59. The highest BCUT2D eigenvalue weighted by Gasteiger charge is 2.40. The van der Waals surface area contributed by atoms with Crippen molar-refractivity contribution in [3.05, 3.63) is 107 Å². The van der Waals surface area contributed by atoms with Crippen LogP contribution in [-0.4, -0.2) is 9.97 Å². The summed E-state index contributed by atoms with van der Waals surface area (Å²) in [7, 11) is 0. The Balaban J connectivity index is 1.83. The molecule has 0 saturated carbocycles. The molecule has 32 heavy (non-hydrogen) atoms. The second-order valence-electron chi connectivity index (χ2n) is 7.46. The molecule has 8 heteroatoms. The van der Waals surface area contributed by atoms with E-state index in [0.29, 0.717) is 27.5 Å². The second-order valence-corrected chi connectivity index (χ2v) is 8.03. The molecule has 0 bridgehead atoms. The highest BCUT2D eigenvalue weighted by atomic mass is 35.5. The number of aromatic nitrogens is 2. The van der Waals surface area contributed by atoms with Crippen LogP contribution >= 0.6 is 11.6 Å². The zero-order valence-electron chi connectivity index (χ0n) is 16.2. The van der Waals surface area contributed by atoms with Crippen molar-refractivity contribution in [1.82, 2.24) is 9.97 Å². The molecule has 5 rings (SSSR count). The maximum atomic E-state index is 14.4. The van der Waals surface area contributed by atoms with Crippen LogP contribution in [0.15, 0.2) is 73.1 Å². The number of benzene rings is 3. The summed E-state index contributed by atoms with van der Waals surface area (Å²) in [6.45, 7) is 0. The van der Waals surface area contributed by atoms with Gasteiger partial charge in [-0.15, -0.1) is 11.6 Å². The number of fused-ring (bicyclic) bond motifs is 2. The van der Waals surface area contributed by atoms with Crippen LogP contribution in [0.25, 0.3) is 21.8 Å². The van der Waals surface area contributed by atoms with Gasteiger partial charge in [0.15, 0.2) is 0 Å². The number of aromatic amines is 2. The highest BCUT2D eigenvalue weighted by Crippen LogP contribution is 2.48. The van der Waals surface area contributed by atoms with Crippen LogP contribution in [-0.2, 0) is 11.1 Å². The fourth-order valence-electron chi connectivity index (χ4n) is 4.15. The molecule has 0 aliphatic rings. The first-order valence-corrected chi connectivity index (χ1v) is 9.98. The van der Waals surface area contributed by atoms with Gasteiger partial charge in [-0.3, -0.25) is 0 Å². The third-order valence-electron chi connectivity index (χ3n) is 5.68. The summed E-state index contributed by atoms with van der Waals surface area (Å²) >= 11 is 7.26. The summed E-state index contributed by atoms with van der Waals surface area (Å²) in [5.41, 5.74) is 0.783. The zero-order valence-corrected chi connectivity index (χ0v) is 17.0. The van der Waals surface area contributed by atoms with Gasteiger partial charge in [-0.05, 0) is 29.8 Å². The van der Waals surface area contributed by atoms with Crippen LogP contribution in [0.1, 0.15) is 22.3 Å². The monoisotopic (exact) mass is 460 g/mol. The van der Waals surface area contributed by atoms with Crippen LogP contribution in [0.5, 0.6) is 0 Å². The van der Waals surface area contributed by atoms with Gasteiger partial charge in [0.1, 0.15) is 16.5 Å². The van der Waals surface area contributed by atoms with Crippen molar-refractivity contribution in [2.75, 3.05) is 0 Å². The van der Waals surface area contributed by atoms with Gasteiger partial charge in [0, 0.05) is 34.3 Å². The lowest BCUT2D eigenvalue weighted by Gasteiger charge is -2.28. The normalized spacial score (nSPS) is 12.7. The van der Waals surface area contributed by atoms with Crippen molar-refractivity contribution in [3.8, 4) is 0 Å². The van der Waals surface area contributed by atoms with E-state index in [2.05, 4.69) is 9.97 Å². The summed E-state index contributed by atoms with van der Waals surface area (Å²) in [4.78, 5) is 4.19. The number of hydrogen-bond acceptors (Lipinski definition) is 0. The minimum Gasteiger partial charge on any atom is -0.358 e. The maximum Gasteiger partial charge on any atom is 0.416 e. The van der Waals surface area contributed by atoms with Crippen LogP contribution < -0.4 is 0 Å². The number of H-pyrrole nitrogens is 2. The van der Waals surface area contributed by atoms with Crippen LogP contribution in [0.3, 0.4) is 0 Å². The molecule has 162 valence electrons. The Morgan fingerprint density at radius 3 is 1.50 bits per heavy atom. The molecule has 5 aromatic rings. The fraction of sp³-hybridized carbons (Fsp3) is 0.0833. The molecule has 2 nitrogen and oxygen atoms in total. The van der Waals surface area contributed by atoms with Gasteiger partial charge in [-0.25, -0.2) is 8.78 Å². The maximum absolute atomic E-state index is 14.4. The van der Waals surface area contributed by atoms with E-state index in [0.717, 1.165) is 12.1 Å². The van der Waals surface area contributed by atoms with Crippen molar-refractivity contribution in [3.63, 3.8) is 0 Å². The first-order chi connectivity index (χ1) is 15.2. The van der Waals surface area contributed by atoms with E-state index >= 15 is 0 Å². The molecular weight excluding hydrogens is 447 g/mol. The second kappa shape index (κ2) is 7.10. The van der Waals surface area contributed by atoms with E-state index in [1.54, 1.807) is 12.1 Å². The lowest BCUT2D eigenvalue weighted by Crippen LogP contribution is -2.22. The van der Waals surface area contributed by atoms with Gasteiger partial charge < -0.3 is 9.97 Å². The quantitative estimate of drug-likeness (QED) is 0.207. The number of para-hydroxylation sites is 2. The van der Waals surface area contributed by atoms with Crippen LogP contribution in [0, 0.1) is 11.6 Å². The standard InChI is InChI=1S/C24H14ClF5N2/c25-23(13-7-9-14(10-8-13)24(28,29)30,17-11-31-21-15(17)3-1-5-19(21)26)18-12-32-22-16(18)4-2-6-20(22)27/h1-12,31-32H. The van der Waals surface area contributed by atoms with Gasteiger partial charge >= 0.3 is 6.18 Å². The smallest absolute Gasteiger partial charge is 0.358 e. The first kappa shape index (κ1) is 20.6. The summed E-state index contributed by atoms with van der Waals surface area (Å²) in [5.74, 6) is -0.990. The Bertz CT molecular complexity index is 1370. The highest BCUT2D eigenvalue weighted by molar-refractivity contribution is 6.30. The number of hydrogen-bond donors (Lipinski definition) is 2. The molecule has 0 spiro atoms. The van der Waals surface area contributed by atoms with Gasteiger partial charge in [0.05, 0.1) is 16.6 Å². The molecule has 0 aliphatic heterocycles. The van der Waals surface area contributed by atoms with Crippen LogP contribution in [0.4, 0.5) is 22.0 Å². The zero-order chi connectivity index (χ0) is 22.7. The summed E-state index contributed by atoms with van der Waals surface area (Å²) in [5, 5.41) is 0.927. The van der Waals surface area contributed by atoms with E-state index < -0.39 is 28.2 Å². The number of alkyl halides is 4. The topological polar surface area (TPSA) is 31.6 Å². The van der Waals surface area contributed by atoms with E-state index in [1.807, 2.05) is 0 Å². The van der Waals surface area contributed by atoms with Crippen molar-refractivity contribution in [1.29, 1.82) is 0 Å². The lowest BCUT2D eigenvalue weighted by atomic mass is 9.83. The molecule has 2 aromatic heterocycles. The molecule has 0 atom stereocenters. The van der Waals surface area contributed by atoms with Crippen molar-refractivity contribution < 1.29 is 22.0 Å². The Hall–Kier alpha value is -3.32. The van der Waals surface area contributed by atoms with Gasteiger partial charge in [0.2, 0.25) is 0 Å². The number of halogens is 6. The Labute approximate surface area is 183 Å². The number of rotatable bonds is 3. The Morgan fingerprint density at radius 1 is 0.625 bits per heavy atom. The molecule has 0 unspecified atom stereocenters. The average molecular weight is 461 g/mol. The van der Waals surface area contributed by atoms with E-state index in [-0.39, 0.29) is 11.0 Å². The van der Waals surface area contributed by atoms with Crippen molar-refractivity contribution >= 4 is 33.4 Å². The van der Waals surface area contributed by atoms with Crippen LogP contribution in [0.2, 0.25) is 0 Å². The lowest BCUT2D eigenvalue weighted by molar-refractivity contribution is -0.137. The third kappa shape index (κ3) is 2.99. The molecular formula is C24H14ClF5N2. The van der Waals surface area contributed by atoms with Gasteiger partial charge in [0.25, 0.3) is 0 Å². The Kier molecular flexibility index (Phi) is 4.57. The van der Waals surface area contributed by atoms with Crippen molar-refractivity contribution in [2.45, 2.75) is 11.1 Å². The molecule has 2 N–H and O–H groups in total. The summed E-state index contributed by atoms with van der Waals surface area (Å²) < 4.78 is 68.2. The van der Waals surface area contributed by atoms with Gasteiger partial charge in [-0.1, -0.05) is 36.4 Å². The minimum atomic E-state index is -4.51. The van der Waals surface area contributed by atoms with E-state index in [4.69, 9.17) is 11.6 Å². The summed E-state index contributed by atoms with van der Waals surface area (Å²) in [6, 6.07) is 13.4. The predicted octanol–water partition coefficient (Wildman–Crippen LogP) is 7.48. The average Bonchev–Trinajstić information content (AvgIpc) is 3.39. The van der Waals surface area contributed by atoms with E-state index in [9.17, 15) is 22.0 Å². The predicted molar refractivity (Wildman–Crippen MR) is 114 cm³/mol. The first-order valence-electron chi connectivity index (χ1n) is 9.60. The van der Waals surface area contributed by atoms with E-state index in [1.165, 1.54) is 48.8 Å². The molecule has 2 heterocycles. The molecule has 0 amide bonds. The largest absolute Gasteiger partial charge is 0.416 e. The molecule has 0 radical (unpaired) electrons. The number of nitrogens with one attached hydrogen (secondary N) is 2. The molecule has 3 aromatic carbocycles. The van der Waals surface area contributed by atoms with Crippen molar-refractivity contribution in [2.24, 2.45) is 0 Å². The molecule has 0 fully saturated rings. The SMILES string of the molecule is Fc1cccc2c(C(Cl)(c3ccc(C(F)(F)F)cc3)c3c[nH]c4c(F)cccc34)c[nH]c12. The third-order valence-corrected chi connectivity index (χ3v) is 6.31. The van der Waals surface area contributed by atoms with Gasteiger partial charge in [-0.2, -0.15) is 13.2 Å². The minimum absolute atomic E-state index is 0.213. The molecule has 0 saturated heterocycles. The molecule has 0 aliphatic carbocycles. The summed E-state index contributed by atoms with van der Waals surface area (Å²) in [6.07, 6.45) is -1.46. The Morgan fingerprint density at radius 2 is 1.06 bits per heavy atom.